The summed E-state index contributed by atoms with van der Waals surface area (Å²) in [6.07, 6.45) is 0. The number of methoxy groups -OCH3 is 1. The van der Waals surface area contributed by atoms with Gasteiger partial charge in [-0.3, -0.25) is 4.79 Å². The highest BCUT2D eigenvalue weighted by molar-refractivity contribution is 6.05. The maximum atomic E-state index is 12.6. The highest BCUT2D eigenvalue weighted by Crippen LogP contribution is 2.40. The molecule has 7 heteroatoms. The number of anilines is 1. The zero-order chi connectivity index (χ0) is 17.2. The van der Waals surface area contributed by atoms with Crippen molar-refractivity contribution < 1.29 is 28.5 Å². The molecule has 0 unspecified atom stereocenters. The van der Waals surface area contributed by atoms with E-state index in [9.17, 15) is 4.79 Å². The van der Waals surface area contributed by atoms with Crippen molar-refractivity contribution in [3.63, 3.8) is 0 Å². The number of hydrogen-bond acceptors (Lipinski definition) is 6. The van der Waals surface area contributed by atoms with E-state index in [-0.39, 0.29) is 5.91 Å². The Labute approximate surface area is 144 Å². The fourth-order valence-electron chi connectivity index (χ4n) is 2.73. The summed E-state index contributed by atoms with van der Waals surface area (Å²) in [5, 5.41) is 2.84. The van der Waals surface area contributed by atoms with Crippen LogP contribution in [0.4, 0.5) is 5.69 Å². The average Bonchev–Trinajstić information content (AvgIpc) is 2.67. The Morgan fingerprint density at radius 1 is 0.920 bits per heavy atom. The number of ether oxygens (including phenoxy) is 5. The molecule has 0 atom stereocenters. The molecule has 0 radical (unpaired) electrons. The first-order chi connectivity index (χ1) is 12.2. The third kappa shape index (κ3) is 3.00. The quantitative estimate of drug-likeness (QED) is 0.923. The molecule has 25 heavy (non-hydrogen) atoms. The van der Waals surface area contributed by atoms with Crippen LogP contribution in [0.3, 0.4) is 0 Å². The zero-order valence-electron chi connectivity index (χ0n) is 13.7. The van der Waals surface area contributed by atoms with Gasteiger partial charge in [-0.25, -0.2) is 0 Å². The number of carbonyl (C=O) groups excluding carboxylic acids is 1. The first kappa shape index (κ1) is 15.4. The predicted molar refractivity (Wildman–Crippen MR) is 89.4 cm³/mol. The van der Waals surface area contributed by atoms with Gasteiger partial charge in [-0.05, 0) is 24.3 Å². The van der Waals surface area contributed by atoms with Crippen molar-refractivity contribution in [2.75, 3.05) is 38.9 Å². The lowest BCUT2D eigenvalue weighted by Gasteiger charge is -2.21. The Hall–Kier alpha value is -3.09. The summed E-state index contributed by atoms with van der Waals surface area (Å²) in [7, 11) is 1.52. The van der Waals surface area contributed by atoms with Crippen molar-refractivity contribution >= 4 is 11.6 Å². The lowest BCUT2D eigenvalue weighted by atomic mass is 10.1. The lowest BCUT2D eigenvalue weighted by Crippen LogP contribution is -2.18. The molecule has 0 fully saturated rings. The smallest absolute Gasteiger partial charge is 0.255 e. The van der Waals surface area contributed by atoms with E-state index in [0.717, 1.165) is 0 Å². The highest BCUT2D eigenvalue weighted by Gasteiger charge is 2.21. The van der Waals surface area contributed by atoms with Crippen LogP contribution < -0.4 is 29.0 Å². The first-order valence-electron chi connectivity index (χ1n) is 7.93. The van der Waals surface area contributed by atoms with E-state index in [2.05, 4.69) is 5.32 Å². The van der Waals surface area contributed by atoms with Crippen molar-refractivity contribution in [3.8, 4) is 28.7 Å². The van der Waals surface area contributed by atoms with E-state index in [1.807, 2.05) is 0 Å². The Balaban J connectivity index is 1.59. The Morgan fingerprint density at radius 2 is 1.64 bits per heavy atom. The van der Waals surface area contributed by atoms with Gasteiger partial charge in [0.1, 0.15) is 26.4 Å². The Bertz CT molecular complexity index is 802. The average molecular weight is 343 g/mol. The van der Waals surface area contributed by atoms with Crippen LogP contribution in [0.5, 0.6) is 28.7 Å². The van der Waals surface area contributed by atoms with Crippen LogP contribution >= 0.6 is 0 Å². The number of amides is 1. The zero-order valence-corrected chi connectivity index (χ0v) is 13.7. The van der Waals surface area contributed by atoms with E-state index in [4.69, 9.17) is 23.7 Å². The maximum Gasteiger partial charge on any atom is 0.255 e. The van der Waals surface area contributed by atoms with Gasteiger partial charge in [0.15, 0.2) is 23.0 Å². The molecular weight excluding hydrogens is 326 g/mol. The van der Waals surface area contributed by atoms with E-state index in [1.165, 1.54) is 7.11 Å². The Kier molecular flexibility index (Phi) is 3.97. The fraction of sp³-hybridized carbons (Fsp3) is 0.278. The van der Waals surface area contributed by atoms with Crippen LogP contribution in [0.15, 0.2) is 30.3 Å². The molecule has 0 bridgehead atoms. The number of nitrogens with one attached hydrogen (secondary N) is 1. The van der Waals surface area contributed by atoms with Crippen LogP contribution in [0.1, 0.15) is 10.4 Å². The van der Waals surface area contributed by atoms with Crippen molar-refractivity contribution in [3.05, 3.63) is 35.9 Å². The SMILES string of the molecule is COc1cc(C(=O)Nc2ccc3c(c2)OCCO3)cc2c1OCCO2. The third-order valence-electron chi connectivity index (χ3n) is 3.89. The van der Waals surface area contributed by atoms with Crippen molar-refractivity contribution in [1.29, 1.82) is 0 Å². The molecule has 2 aromatic carbocycles. The van der Waals surface area contributed by atoms with Crippen molar-refractivity contribution in [2.24, 2.45) is 0 Å². The molecule has 2 heterocycles. The molecule has 2 aromatic rings. The number of rotatable bonds is 3. The van der Waals surface area contributed by atoms with E-state index < -0.39 is 0 Å². The number of benzene rings is 2. The molecule has 130 valence electrons. The largest absolute Gasteiger partial charge is 0.493 e. The Morgan fingerprint density at radius 3 is 2.44 bits per heavy atom. The van der Waals surface area contributed by atoms with Gasteiger partial charge in [-0.1, -0.05) is 0 Å². The second-order valence-electron chi connectivity index (χ2n) is 5.52. The van der Waals surface area contributed by atoms with Crippen LogP contribution in [0.25, 0.3) is 0 Å². The summed E-state index contributed by atoms with van der Waals surface area (Å²) in [6.45, 7) is 1.90. The topological polar surface area (TPSA) is 75.3 Å². The minimum absolute atomic E-state index is 0.285. The van der Waals surface area contributed by atoms with Gasteiger partial charge >= 0.3 is 0 Å². The van der Waals surface area contributed by atoms with E-state index in [0.29, 0.717) is 66.4 Å². The predicted octanol–water partition coefficient (Wildman–Crippen LogP) is 2.49. The van der Waals surface area contributed by atoms with Gasteiger partial charge in [0.2, 0.25) is 5.75 Å². The van der Waals surface area contributed by atoms with Gasteiger partial charge < -0.3 is 29.0 Å². The number of carbonyl (C=O) groups is 1. The summed E-state index contributed by atoms with van der Waals surface area (Å²) in [6, 6.07) is 8.54. The van der Waals surface area contributed by atoms with Crippen LogP contribution in [0.2, 0.25) is 0 Å². The maximum absolute atomic E-state index is 12.6. The number of hydrogen-bond donors (Lipinski definition) is 1. The van der Waals surface area contributed by atoms with Crippen LogP contribution in [-0.2, 0) is 0 Å². The fourth-order valence-corrected chi connectivity index (χ4v) is 2.73. The highest BCUT2D eigenvalue weighted by atomic mass is 16.6. The third-order valence-corrected chi connectivity index (χ3v) is 3.89. The summed E-state index contributed by atoms with van der Waals surface area (Å²) in [5.74, 6) is 2.48. The van der Waals surface area contributed by atoms with Crippen LogP contribution in [-0.4, -0.2) is 39.4 Å². The summed E-state index contributed by atoms with van der Waals surface area (Å²) >= 11 is 0. The number of fused-ring (bicyclic) bond motifs is 2. The molecule has 7 nitrogen and oxygen atoms in total. The monoisotopic (exact) mass is 343 g/mol. The van der Waals surface area contributed by atoms with E-state index in [1.54, 1.807) is 30.3 Å². The second kappa shape index (κ2) is 6.43. The molecule has 0 saturated carbocycles. The van der Waals surface area contributed by atoms with Gasteiger partial charge in [0.05, 0.1) is 7.11 Å². The van der Waals surface area contributed by atoms with Crippen molar-refractivity contribution in [1.82, 2.24) is 0 Å². The van der Waals surface area contributed by atoms with Crippen LogP contribution in [0, 0.1) is 0 Å². The van der Waals surface area contributed by atoms with Gasteiger partial charge in [-0.15, -0.1) is 0 Å². The van der Waals surface area contributed by atoms with Gasteiger partial charge in [0.25, 0.3) is 5.91 Å². The molecule has 0 aliphatic carbocycles. The lowest BCUT2D eigenvalue weighted by molar-refractivity contribution is 0.102. The molecule has 2 aliphatic heterocycles. The molecule has 1 N–H and O–H groups in total. The first-order valence-corrected chi connectivity index (χ1v) is 7.93. The second-order valence-corrected chi connectivity index (χ2v) is 5.52. The molecule has 0 aromatic heterocycles. The molecule has 1 amide bonds. The molecule has 0 saturated heterocycles. The van der Waals surface area contributed by atoms with Gasteiger partial charge in [0, 0.05) is 17.3 Å². The standard InChI is InChI=1S/C18H17NO6/c1-21-15-8-11(9-16-17(15)25-7-6-24-16)18(20)19-12-2-3-13-14(10-12)23-5-4-22-13/h2-3,8-10H,4-7H2,1H3,(H,19,20). The minimum Gasteiger partial charge on any atom is -0.493 e. The summed E-state index contributed by atoms with van der Waals surface area (Å²) < 4.78 is 27.4. The van der Waals surface area contributed by atoms with E-state index >= 15 is 0 Å². The minimum atomic E-state index is -0.285. The summed E-state index contributed by atoms with van der Waals surface area (Å²) in [5.41, 5.74) is 1.03. The molecule has 4 rings (SSSR count). The van der Waals surface area contributed by atoms with Crippen molar-refractivity contribution in [2.45, 2.75) is 0 Å². The molecular formula is C18H17NO6. The summed E-state index contributed by atoms with van der Waals surface area (Å²) in [4.78, 5) is 12.6. The van der Waals surface area contributed by atoms with Gasteiger partial charge in [-0.2, -0.15) is 0 Å². The normalized spacial score (nSPS) is 14.6. The molecule has 0 spiro atoms. The molecule has 2 aliphatic rings.